The van der Waals surface area contributed by atoms with Crippen LogP contribution < -0.4 is 10.6 Å². The van der Waals surface area contributed by atoms with Crippen LogP contribution in [0.4, 0.5) is 9.59 Å². The lowest BCUT2D eigenvalue weighted by molar-refractivity contribution is -0.142. The largest absolute Gasteiger partial charge is 0.449 e. The quantitative estimate of drug-likeness (QED) is 0.259. The SMILES string of the molecule is C=C[C@H]1C[C@]1(NC(=O)[C@@H]1C[C@@H]2CN1C(=O)[C@H](C(C)(C)C)NC(=O)OCC(C)(C)CCCCc1cccc3c1CN(C3)C(=O)O2)P(=O)(O)C(C)C. The Hall–Kier alpha value is -3.37. The van der Waals surface area contributed by atoms with E-state index in [1.165, 1.54) is 10.5 Å². The molecule has 3 heterocycles. The highest BCUT2D eigenvalue weighted by Crippen LogP contribution is 2.71. The average molecular weight is 715 g/mol. The number of hydrogen-bond donors (Lipinski definition) is 3. The van der Waals surface area contributed by atoms with Gasteiger partial charge in [-0.2, -0.15) is 0 Å². The molecule has 1 aromatic rings. The van der Waals surface area contributed by atoms with Crippen LogP contribution in [0.25, 0.3) is 0 Å². The molecule has 12 nitrogen and oxygen atoms in total. The number of rotatable bonds is 5. The molecule has 4 aliphatic rings. The third-order valence-electron chi connectivity index (χ3n) is 10.9. The maximum absolute atomic E-state index is 14.4. The van der Waals surface area contributed by atoms with Gasteiger partial charge >= 0.3 is 12.2 Å². The number of ether oxygens (including phenoxy) is 2. The van der Waals surface area contributed by atoms with E-state index in [1.807, 2.05) is 26.0 Å². The fraction of sp³-hybridized carbons (Fsp3) is 0.676. The van der Waals surface area contributed by atoms with Crippen molar-refractivity contribution in [2.45, 2.75) is 129 Å². The first kappa shape index (κ1) is 37.9. The van der Waals surface area contributed by atoms with Crippen LogP contribution in [-0.4, -0.2) is 81.0 Å². The third kappa shape index (κ3) is 7.61. The van der Waals surface area contributed by atoms with Gasteiger partial charge in [0, 0.05) is 31.1 Å². The fourth-order valence-electron chi connectivity index (χ4n) is 7.58. The number of carbonyl (C=O) groups excluding carboxylic acids is 4. The van der Waals surface area contributed by atoms with Gasteiger partial charge in [0.05, 0.1) is 13.2 Å². The molecule has 0 spiro atoms. The van der Waals surface area contributed by atoms with Gasteiger partial charge in [0.25, 0.3) is 0 Å². The van der Waals surface area contributed by atoms with E-state index >= 15 is 0 Å². The highest BCUT2D eigenvalue weighted by Gasteiger charge is 2.66. The van der Waals surface area contributed by atoms with Crippen molar-refractivity contribution in [2.24, 2.45) is 16.7 Å². The zero-order chi connectivity index (χ0) is 36.8. The van der Waals surface area contributed by atoms with Crippen molar-refractivity contribution in [1.82, 2.24) is 20.4 Å². The minimum absolute atomic E-state index is 0.0168. The van der Waals surface area contributed by atoms with E-state index < -0.39 is 71.8 Å². The average Bonchev–Trinajstić information content (AvgIpc) is 3.35. The molecule has 0 radical (unpaired) electrons. The summed E-state index contributed by atoms with van der Waals surface area (Å²) in [5.41, 5.74) is 1.68. The minimum Gasteiger partial charge on any atom is -0.449 e. The van der Waals surface area contributed by atoms with Gasteiger partial charge < -0.3 is 29.9 Å². The monoisotopic (exact) mass is 714 g/mol. The van der Waals surface area contributed by atoms with E-state index in [0.29, 0.717) is 13.1 Å². The van der Waals surface area contributed by atoms with Crippen LogP contribution in [0.15, 0.2) is 30.9 Å². The van der Waals surface area contributed by atoms with Crippen LogP contribution in [0.3, 0.4) is 0 Å². The van der Waals surface area contributed by atoms with E-state index in [9.17, 15) is 28.6 Å². The van der Waals surface area contributed by atoms with Crippen molar-refractivity contribution in [3.05, 3.63) is 47.5 Å². The lowest BCUT2D eigenvalue weighted by Crippen LogP contribution is -2.58. The first-order chi connectivity index (χ1) is 23.3. The van der Waals surface area contributed by atoms with Crippen LogP contribution >= 0.6 is 7.37 Å². The second-order valence-electron chi connectivity index (χ2n) is 16.7. The van der Waals surface area contributed by atoms with E-state index in [-0.39, 0.29) is 31.4 Å². The molecule has 276 valence electrons. The highest BCUT2D eigenvalue weighted by molar-refractivity contribution is 7.60. The number of nitrogens with zero attached hydrogens (tertiary/aromatic N) is 2. The zero-order valence-corrected chi connectivity index (χ0v) is 31.5. The molecule has 4 amide bonds. The van der Waals surface area contributed by atoms with Gasteiger partial charge in [0.15, 0.2) is 0 Å². The summed E-state index contributed by atoms with van der Waals surface area (Å²) in [6.07, 6.45) is 3.24. The van der Waals surface area contributed by atoms with E-state index in [0.717, 1.165) is 36.8 Å². The molecule has 1 aromatic carbocycles. The van der Waals surface area contributed by atoms with Gasteiger partial charge in [-0.3, -0.25) is 19.1 Å². The van der Waals surface area contributed by atoms with Crippen molar-refractivity contribution >= 4 is 31.4 Å². The maximum Gasteiger partial charge on any atom is 0.410 e. The summed E-state index contributed by atoms with van der Waals surface area (Å²) >= 11 is 0. The molecular formula is C37H55N4O8P. The Kier molecular flexibility index (Phi) is 10.6. The summed E-state index contributed by atoms with van der Waals surface area (Å²) in [4.78, 5) is 69.6. The van der Waals surface area contributed by atoms with Gasteiger partial charge in [0.2, 0.25) is 19.2 Å². The minimum atomic E-state index is -3.91. The molecule has 3 N–H and O–H groups in total. The van der Waals surface area contributed by atoms with Gasteiger partial charge in [0.1, 0.15) is 23.5 Å². The molecule has 5 rings (SSSR count). The number of aryl methyl sites for hydroxylation is 1. The molecule has 50 heavy (non-hydrogen) atoms. The normalized spacial score (nSPS) is 30.1. The molecule has 1 aliphatic carbocycles. The number of amides is 4. The number of nitrogens with one attached hydrogen (secondary N) is 2. The lowest BCUT2D eigenvalue weighted by Gasteiger charge is -2.36. The molecule has 6 atom stereocenters. The molecule has 1 saturated carbocycles. The number of fused-ring (bicyclic) bond motifs is 3. The second-order valence-corrected chi connectivity index (χ2v) is 19.8. The zero-order valence-electron chi connectivity index (χ0n) is 30.6. The summed E-state index contributed by atoms with van der Waals surface area (Å²) < 4.78 is 25.3. The van der Waals surface area contributed by atoms with E-state index in [1.54, 1.807) is 45.6 Å². The Morgan fingerprint density at radius 2 is 1.86 bits per heavy atom. The summed E-state index contributed by atoms with van der Waals surface area (Å²) in [6, 6.07) is 3.92. The number of benzene rings is 1. The van der Waals surface area contributed by atoms with Gasteiger partial charge in [-0.15, -0.1) is 6.58 Å². The smallest absolute Gasteiger partial charge is 0.410 e. The first-order valence-corrected chi connectivity index (χ1v) is 19.6. The Labute approximate surface area is 296 Å². The Bertz CT molecular complexity index is 1570. The van der Waals surface area contributed by atoms with Gasteiger partial charge in [-0.05, 0) is 53.2 Å². The summed E-state index contributed by atoms with van der Waals surface area (Å²) in [5, 5.41) is 4.22. The number of carbonyl (C=O) groups is 4. The predicted octanol–water partition coefficient (Wildman–Crippen LogP) is 5.70. The first-order valence-electron chi connectivity index (χ1n) is 17.9. The number of alkyl carbamates (subject to hydrolysis) is 1. The van der Waals surface area contributed by atoms with E-state index in [2.05, 4.69) is 23.3 Å². The Morgan fingerprint density at radius 1 is 1.16 bits per heavy atom. The van der Waals surface area contributed by atoms with Crippen LogP contribution in [0.2, 0.25) is 0 Å². The molecule has 1 unspecified atom stereocenters. The Morgan fingerprint density at radius 3 is 2.50 bits per heavy atom. The molecule has 1 saturated heterocycles. The molecule has 3 aliphatic heterocycles. The van der Waals surface area contributed by atoms with Crippen LogP contribution in [-0.2, 0) is 43.1 Å². The summed E-state index contributed by atoms with van der Waals surface area (Å²) in [5.74, 6) is -1.57. The maximum atomic E-state index is 14.4. The third-order valence-corrected chi connectivity index (χ3v) is 14.0. The Balaban J connectivity index is 1.46. The van der Waals surface area contributed by atoms with Gasteiger partial charge in [-0.1, -0.05) is 79.2 Å². The molecule has 2 fully saturated rings. The van der Waals surface area contributed by atoms with Crippen LogP contribution in [0, 0.1) is 16.7 Å². The predicted molar refractivity (Wildman–Crippen MR) is 189 cm³/mol. The van der Waals surface area contributed by atoms with Crippen molar-refractivity contribution in [1.29, 1.82) is 0 Å². The van der Waals surface area contributed by atoms with Crippen molar-refractivity contribution in [2.75, 3.05) is 13.2 Å². The van der Waals surface area contributed by atoms with Crippen molar-refractivity contribution in [3.63, 3.8) is 0 Å². The molecule has 4 bridgehead atoms. The summed E-state index contributed by atoms with van der Waals surface area (Å²) in [6.45, 7) is 17.5. The molecular weight excluding hydrogens is 659 g/mol. The van der Waals surface area contributed by atoms with Crippen molar-refractivity contribution in [3.8, 4) is 0 Å². The lowest BCUT2D eigenvalue weighted by atomic mass is 9.85. The fourth-order valence-corrected chi connectivity index (χ4v) is 9.81. The van der Waals surface area contributed by atoms with Gasteiger partial charge in [-0.25, -0.2) is 9.59 Å². The van der Waals surface area contributed by atoms with Crippen LogP contribution in [0.1, 0.15) is 97.3 Å². The topological polar surface area (TPSA) is 155 Å². The van der Waals surface area contributed by atoms with Crippen molar-refractivity contribution < 1.29 is 38.1 Å². The second kappa shape index (κ2) is 14.0. The standard InChI is InChI=1S/C37H55N4O8P/c1-9-26-18-37(26,50(46,47)23(2)3)39-31(42)29-17-27-20-41(29)32(43)30(35(4,5)6)38-33(44)48-22-36(7,8)16-11-10-13-24-14-12-15-25-19-40(21-28(24)25)34(45)49-27/h9,12,14-15,23,26-27,29-30H,1,10-11,13,16-22H2,2-8H3,(H,38,44)(H,39,42)(H,46,47)/t26-,27+,29-,30+,37-/m0/s1. The van der Waals surface area contributed by atoms with Crippen LogP contribution in [0.5, 0.6) is 0 Å². The molecule has 13 heteroatoms. The summed E-state index contributed by atoms with van der Waals surface area (Å²) in [7, 11) is -3.91. The van der Waals surface area contributed by atoms with E-state index in [4.69, 9.17) is 9.47 Å². The number of cyclic esters (lactones) is 1. The number of hydrogen-bond acceptors (Lipinski definition) is 7. The highest BCUT2D eigenvalue weighted by atomic mass is 31.2. The molecule has 0 aromatic heterocycles.